The Bertz CT molecular complexity index is 591. The molecule has 0 N–H and O–H groups in total. The fraction of sp³-hybridized carbons (Fsp3) is 0.533. The molecule has 0 amide bonds. The first kappa shape index (κ1) is 16.6. The van der Waals surface area contributed by atoms with Crippen molar-refractivity contribution >= 4 is 13.6 Å². The monoisotopic (exact) mass is 340 g/mol. The summed E-state index contributed by atoms with van der Waals surface area (Å²) in [5.74, 6) is -0.424. The molecule has 2 heterocycles. The molecule has 2 saturated heterocycles. The zero-order valence-electron chi connectivity index (χ0n) is 13.1. The number of esters is 1. The molecule has 23 heavy (non-hydrogen) atoms. The van der Waals surface area contributed by atoms with Crippen molar-refractivity contribution in [3.63, 3.8) is 0 Å². The highest BCUT2D eigenvalue weighted by molar-refractivity contribution is 7.54. The third-order valence-electron chi connectivity index (χ3n) is 4.09. The molecule has 8 heteroatoms. The van der Waals surface area contributed by atoms with Crippen LogP contribution in [0.5, 0.6) is 0 Å². The van der Waals surface area contributed by atoms with Crippen molar-refractivity contribution in [2.24, 2.45) is 0 Å². The second-order valence-electron chi connectivity index (χ2n) is 5.47. The zero-order chi connectivity index (χ0) is 16.3. The minimum Gasteiger partial charge on any atom is -0.468 e. The molecule has 7 nitrogen and oxygen atoms in total. The van der Waals surface area contributed by atoms with Crippen molar-refractivity contribution in [3.05, 3.63) is 35.9 Å². The van der Waals surface area contributed by atoms with E-state index in [9.17, 15) is 9.36 Å². The Labute approximate surface area is 135 Å². The number of morpholine rings is 1. The first-order valence-corrected chi connectivity index (χ1v) is 9.15. The summed E-state index contributed by atoms with van der Waals surface area (Å²) in [6, 6.07) is 8.97. The largest absolute Gasteiger partial charge is 0.468 e. The quantitative estimate of drug-likeness (QED) is 0.608. The minimum absolute atomic E-state index is 0.0775. The Morgan fingerprint density at radius 1 is 1.30 bits per heavy atom. The Morgan fingerprint density at radius 3 is 2.65 bits per heavy atom. The molecule has 2 fully saturated rings. The van der Waals surface area contributed by atoms with Crippen LogP contribution < -0.4 is 0 Å². The molecule has 0 radical (unpaired) electrons. The van der Waals surface area contributed by atoms with Crippen LogP contribution in [-0.4, -0.2) is 61.4 Å². The van der Waals surface area contributed by atoms with Gasteiger partial charge in [0.05, 0.1) is 26.9 Å². The molecule has 0 spiro atoms. The van der Waals surface area contributed by atoms with Crippen molar-refractivity contribution in [1.29, 1.82) is 0 Å². The third-order valence-corrected chi connectivity index (χ3v) is 6.76. The van der Waals surface area contributed by atoms with Crippen LogP contribution in [0.1, 0.15) is 5.56 Å². The second-order valence-corrected chi connectivity index (χ2v) is 7.79. The van der Waals surface area contributed by atoms with Crippen LogP contribution in [0.15, 0.2) is 30.3 Å². The molecule has 0 bridgehead atoms. The molecule has 1 aromatic rings. The average molecular weight is 340 g/mol. The van der Waals surface area contributed by atoms with Crippen LogP contribution in [0.3, 0.4) is 0 Å². The van der Waals surface area contributed by atoms with E-state index in [0.29, 0.717) is 32.8 Å². The molecule has 2 aliphatic heterocycles. The van der Waals surface area contributed by atoms with Crippen molar-refractivity contribution < 1.29 is 23.4 Å². The first-order valence-electron chi connectivity index (χ1n) is 7.62. The van der Waals surface area contributed by atoms with Gasteiger partial charge in [-0.25, -0.2) is 4.67 Å². The summed E-state index contributed by atoms with van der Waals surface area (Å²) < 4.78 is 32.8. The molecular weight excluding hydrogens is 319 g/mol. The van der Waals surface area contributed by atoms with E-state index in [4.69, 9.17) is 14.0 Å². The van der Waals surface area contributed by atoms with E-state index in [1.54, 1.807) is 9.34 Å². The lowest BCUT2D eigenvalue weighted by Gasteiger charge is -2.36. The van der Waals surface area contributed by atoms with Gasteiger partial charge < -0.3 is 14.0 Å². The average Bonchev–Trinajstić information content (AvgIpc) is 2.94. The summed E-state index contributed by atoms with van der Waals surface area (Å²) in [4.78, 5) is 12.1. The van der Waals surface area contributed by atoms with Crippen LogP contribution in [-0.2, 0) is 29.9 Å². The number of methoxy groups -OCH3 is 1. The maximum atomic E-state index is 13.5. The van der Waals surface area contributed by atoms with Crippen LogP contribution in [0.4, 0.5) is 0 Å². The molecule has 0 unspecified atom stereocenters. The van der Waals surface area contributed by atoms with Gasteiger partial charge >= 0.3 is 13.6 Å². The Kier molecular flexibility index (Phi) is 5.14. The van der Waals surface area contributed by atoms with E-state index in [0.717, 1.165) is 5.56 Å². The summed E-state index contributed by atoms with van der Waals surface area (Å²) >= 11 is 0. The SMILES string of the molecule is COC(=O)[C@@H]1CO[P@@](=O)(N2CCOCC2)N1Cc1ccccc1. The maximum absolute atomic E-state index is 13.5. The number of hydrogen-bond donors (Lipinski definition) is 0. The van der Waals surface area contributed by atoms with E-state index >= 15 is 0 Å². The Morgan fingerprint density at radius 2 is 2.00 bits per heavy atom. The molecule has 0 aromatic heterocycles. The highest BCUT2D eigenvalue weighted by atomic mass is 31.2. The first-order chi connectivity index (χ1) is 11.1. The molecule has 3 rings (SSSR count). The highest BCUT2D eigenvalue weighted by Crippen LogP contribution is 2.60. The van der Waals surface area contributed by atoms with Crippen LogP contribution in [0.2, 0.25) is 0 Å². The summed E-state index contributed by atoms with van der Waals surface area (Å²) in [5, 5.41) is 0. The fourth-order valence-corrected chi connectivity index (χ4v) is 5.35. The predicted molar refractivity (Wildman–Crippen MR) is 83.7 cm³/mol. The summed E-state index contributed by atoms with van der Waals surface area (Å²) in [6.07, 6.45) is 0. The molecule has 1 aromatic carbocycles. The smallest absolute Gasteiger partial charge is 0.347 e. The zero-order valence-corrected chi connectivity index (χ0v) is 14.0. The van der Waals surface area contributed by atoms with Gasteiger partial charge in [-0.2, -0.15) is 4.67 Å². The Hall–Kier alpha value is -1.24. The fourth-order valence-electron chi connectivity index (χ4n) is 2.85. The van der Waals surface area contributed by atoms with Gasteiger partial charge in [-0.3, -0.25) is 9.36 Å². The van der Waals surface area contributed by atoms with Crippen LogP contribution >= 0.6 is 7.67 Å². The third kappa shape index (κ3) is 3.34. The molecule has 2 atom stereocenters. The van der Waals surface area contributed by atoms with E-state index in [1.165, 1.54) is 7.11 Å². The summed E-state index contributed by atoms with van der Waals surface area (Å²) in [6.45, 7) is 2.52. The van der Waals surface area contributed by atoms with Gasteiger partial charge in [-0.15, -0.1) is 0 Å². The number of benzene rings is 1. The lowest BCUT2D eigenvalue weighted by Crippen LogP contribution is -2.42. The number of rotatable bonds is 4. The van der Waals surface area contributed by atoms with Crippen molar-refractivity contribution in [3.8, 4) is 0 Å². The van der Waals surface area contributed by atoms with Gasteiger partial charge in [0.25, 0.3) is 0 Å². The number of ether oxygens (including phenoxy) is 2. The topological polar surface area (TPSA) is 68.3 Å². The summed E-state index contributed by atoms with van der Waals surface area (Å²) in [5.41, 5.74) is 0.973. The maximum Gasteiger partial charge on any atom is 0.347 e. The second kappa shape index (κ2) is 7.11. The molecule has 2 aliphatic rings. The van der Waals surface area contributed by atoms with E-state index in [-0.39, 0.29) is 6.61 Å². The van der Waals surface area contributed by atoms with Crippen LogP contribution in [0, 0.1) is 0 Å². The molecule has 0 aliphatic carbocycles. The van der Waals surface area contributed by atoms with Gasteiger partial charge in [0.2, 0.25) is 0 Å². The Balaban J connectivity index is 1.88. The molecule has 126 valence electrons. The lowest BCUT2D eigenvalue weighted by atomic mass is 10.2. The van der Waals surface area contributed by atoms with Crippen molar-refractivity contribution in [1.82, 2.24) is 9.34 Å². The normalized spacial score (nSPS) is 29.5. The number of nitrogens with zero attached hydrogens (tertiary/aromatic N) is 2. The van der Waals surface area contributed by atoms with Crippen molar-refractivity contribution in [2.45, 2.75) is 12.6 Å². The standard InChI is InChI=1S/C15H21N2O5P/c1-20-15(18)14-12-22-23(19,16-7-9-21-10-8-16)17(14)11-13-5-3-2-4-6-13/h2-6,14H,7-12H2,1H3/t14-,23-/m0/s1. The molecule has 0 saturated carbocycles. The van der Waals surface area contributed by atoms with E-state index in [2.05, 4.69) is 0 Å². The van der Waals surface area contributed by atoms with Gasteiger partial charge in [0.1, 0.15) is 6.04 Å². The minimum atomic E-state index is -3.26. The summed E-state index contributed by atoms with van der Waals surface area (Å²) in [7, 11) is -1.92. The number of carbonyl (C=O) groups is 1. The number of carbonyl (C=O) groups excluding carboxylic acids is 1. The van der Waals surface area contributed by atoms with Gasteiger partial charge in [0, 0.05) is 19.6 Å². The lowest BCUT2D eigenvalue weighted by molar-refractivity contribution is -0.145. The van der Waals surface area contributed by atoms with E-state index in [1.807, 2.05) is 30.3 Å². The van der Waals surface area contributed by atoms with Gasteiger partial charge in [-0.1, -0.05) is 30.3 Å². The van der Waals surface area contributed by atoms with Crippen molar-refractivity contribution in [2.75, 3.05) is 40.0 Å². The number of hydrogen-bond acceptors (Lipinski definition) is 5. The molecular formula is C15H21N2O5P. The van der Waals surface area contributed by atoms with Gasteiger partial charge in [-0.05, 0) is 5.56 Å². The van der Waals surface area contributed by atoms with Crippen LogP contribution in [0.25, 0.3) is 0 Å². The predicted octanol–water partition coefficient (Wildman–Crippen LogP) is 1.50. The van der Waals surface area contributed by atoms with E-state index < -0.39 is 19.7 Å². The highest BCUT2D eigenvalue weighted by Gasteiger charge is 2.51. The van der Waals surface area contributed by atoms with Gasteiger partial charge in [0.15, 0.2) is 0 Å².